The van der Waals surface area contributed by atoms with Gasteiger partial charge in [-0.05, 0) is 20.0 Å². The van der Waals surface area contributed by atoms with Crippen LogP contribution in [0.2, 0.25) is 0 Å². The Bertz CT molecular complexity index is 360. The van der Waals surface area contributed by atoms with Gasteiger partial charge in [-0.15, -0.1) is 0 Å². The zero-order valence-electron chi connectivity index (χ0n) is 11.4. The number of nitrogens with zero attached hydrogens (tertiary/aromatic N) is 4. The number of likely N-dealkylation sites (N-methyl/N-ethyl adjacent to an activating group) is 1. The molecule has 0 atom stereocenters. The molecule has 0 saturated carbocycles. The van der Waals surface area contributed by atoms with Crippen LogP contribution < -0.4 is 5.32 Å². The molecule has 0 radical (unpaired) electrons. The van der Waals surface area contributed by atoms with E-state index in [0.29, 0.717) is 0 Å². The summed E-state index contributed by atoms with van der Waals surface area (Å²) in [6.07, 6.45) is 1.82. The molecule has 1 aromatic rings. The van der Waals surface area contributed by atoms with E-state index >= 15 is 0 Å². The molecule has 5 nitrogen and oxygen atoms in total. The highest BCUT2D eigenvalue weighted by molar-refractivity contribution is 5.00. The van der Waals surface area contributed by atoms with Crippen molar-refractivity contribution in [2.24, 2.45) is 0 Å². The number of hydrogen-bond donors (Lipinski definition) is 1. The lowest BCUT2D eigenvalue weighted by Gasteiger charge is -2.32. The Morgan fingerprint density at radius 1 is 1.28 bits per heavy atom. The molecule has 0 bridgehead atoms. The van der Waals surface area contributed by atoms with Crippen LogP contribution in [0.1, 0.15) is 11.5 Å². The molecule has 0 aliphatic carbocycles. The normalized spacial score (nSPS) is 18.1. The largest absolute Gasteiger partial charge is 0.310 e. The molecule has 0 unspecified atom stereocenters. The lowest BCUT2D eigenvalue weighted by molar-refractivity contribution is 0.154. The molecule has 5 heteroatoms. The van der Waals surface area contributed by atoms with Gasteiger partial charge in [-0.3, -0.25) is 4.90 Å². The van der Waals surface area contributed by atoms with E-state index in [4.69, 9.17) is 0 Å². The second kappa shape index (κ2) is 6.78. The summed E-state index contributed by atoms with van der Waals surface area (Å²) in [6.45, 7) is 9.64. The molecule has 1 N–H and O–H groups in total. The van der Waals surface area contributed by atoms with Gasteiger partial charge >= 0.3 is 0 Å². The third kappa shape index (κ3) is 4.33. The second-order valence-electron chi connectivity index (χ2n) is 4.92. The first-order chi connectivity index (χ1) is 8.74. The van der Waals surface area contributed by atoms with Crippen LogP contribution >= 0.6 is 0 Å². The minimum absolute atomic E-state index is 0.830. The molecule has 0 spiro atoms. The molecule has 2 heterocycles. The molecule has 1 aromatic heterocycles. The monoisotopic (exact) mass is 249 g/mol. The Kier molecular flexibility index (Phi) is 5.04. The van der Waals surface area contributed by atoms with Crippen molar-refractivity contribution in [3.05, 3.63) is 23.8 Å². The maximum absolute atomic E-state index is 4.37. The zero-order valence-corrected chi connectivity index (χ0v) is 11.4. The molecule has 0 amide bonds. The maximum atomic E-state index is 4.37. The fourth-order valence-electron chi connectivity index (χ4n) is 2.13. The number of hydrogen-bond acceptors (Lipinski definition) is 5. The molecular formula is C13H23N5. The highest BCUT2D eigenvalue weighted by Crippen LogP contribution is 1.98. The van der Waals surface area contributed by atoms with Crippen molar-refractivity contribution in [3.63, 3.8) is 0 Å². The van der Waals surface area contributed by atoms with Crippen LogP contribution in [0.15, 0.2) is 12.3 Å². The van der Waals surface area contributed by atoms with Gasteiger partial charge in [-0.2, -0.15) is 0 Å². The maximum Gasteiger partial charge on any atom is 0.125 e. The number of piperazine rings is 1. The molecular weight excluding hydrogens is 226 g/mol. The van der Waals surface area contributed by atoms with Crippen molar-refractivity contribution in [1.82, 2.24) is 25.1 Å². The van der Waals surface area contributed by atoms with E-state index in [1.165, 1.54) is 26.2 Å². The van der Waals surface area contributed by atoms with Gasteiger partial charge in [0.05, 0.1) is 5.69 Å². The Morgan fingerprint density at radius 2 is 2.06 bits per heavy atom. The van der Waals surface area contributed by atoms with Crippen LogP contribution in [0.5, 0.6) is 0 Å². The average Bonchev–Trinajstić information content (AvgIpc) is 2.37. The van der Waals surface area contributed by atoms with Crippen molar-refractivity contribution in [1.29, 1.82) is 0 Å². The topological polar surface area (TPSA) is 44.3 Å². The molecule has 2 rings (SSSR count). The predicted molar refractivity (Wildman–Crippen MR) is 72.4 cm³/mol. The average molecular weight is 249 g/mol. The molecule has 1 saturated heterocycles. The highest BCUT2D eigenvalue weighted by atomic mass is 15.2. The van der Waals surface area contributed by atoms with Gasteiger partial charge in [0.2, 0.25) is 0 Å². The zero-order chi connectivity index (χ0) is 12.8. The van der Waals surface area contributed by atoms with Crippen LogP contribution in [0, 0.1) is 6.92 Å². The Hall–Kier alpha value is -1.04. The molecule has 1 aliphatic rings. The van der Waals surface area contributed by atoms with E-state index in [-0.39, 0.29) is 0 Å². The minimum atomic E-state index is 0.830. The van der Waals surface area contributed by atoms with Crippen molar-refractivity contribution in [2.75, 3.05) is 46.3 Å². The fourth-order valence-corrected chi connectivity index (χ4v) is 2.13. The van der Waals surface area contributed by atoms with Crippen LogP contribution in [-0.4, -0.2) is 66.1 Å². The second-order valence-corrected chi connectivity index (χ2v) is 4.92. The van der Waals surface area contributed by atoms with E-state index in [0.717, 1.165) is 31.2 Å². The van der Waals surface area contributed by atoms with Gasteiger partial charge in [0, 0.05) is 52.0 Å². The number of nitrogens with one attached hydrogen (secondary N) is 1. The van der Waals surface area contributed by atoms with E-state index in [9.17, 15) is 0 Å². The van der Waals surface area contributed by atoms with Gasteiger partial charge in [-0.25, -0.2) is 9.97 Å². The fraction of sp³-hybridized carbons (Fsp3) is 0.692. The van der Waals surface area contributed by atoms with Gasteiger partial charge in [0.1, 0.15) is 5.82 Å². The highest BCUT2D eigenvalue weighted by Gasteiger charge is 2.12. The molecule has 18 heavy (non-hydrogen) atoms. The summed E-state index contributed by atoms with van der Waals surface area (Å²) in [7, 11) is 2.19. The van der Waals surface area contributed by atoms with E-state index in [1.54, 1.807) is 0 Å². The van der Waals surface area contributed by atoms with E-state index in [1.807, 2.05) is 19.2 Å². The van der Waals surface area contributed by atoms with Gasteiger partial charge in [0.25, 0.3) is 0 Å². The molecule has 100 valence electrons. The molecule has 1 aliphatic heterocycles. The summed E-state index contributed by atoms with van der Waals surface area (Å²) in [4.78, 5) is 13.4. The first-order valence-electron chi connectivity index (χ1n) is 6.64. The Morgan fingerprint density at radius 3 is 2.78 bits per heavy atom. The lowest BCUT2D eigenvalue weighted by Crippen LogP contribution is -2.46. The van der Waals surface area contributed by atoms with Crippen LogP contribution in [-0.2, 0) is 6.54 Å². The number of aromatic nitrogens is 2. The first-order valence-corrected chi connectivity index (χ1v) is 6.64. The third-order valence-electron chi connectivity index (χ3n) is 3.34. The van der Waals surface area contributed by atoms with Gasteiger partial charge < -0.3 is 10.2 Å². The van der Waals surface area contributed by atoms with Crippen molar-refractivity contribution in [3.8, 4) is 0 Å². The number of aryl methyl sites for hydroxylation is 1. The van der Waals surface area contributed by atoms with E-state index < -0.39 is 0 Å². The summed E-state index contributed by atoms with van der Waals surface area (Å²) >= 11 is 0. The lowest BCUT2D eigenvalue weighted by atomic mass is 10.3. The summed E-state index contributed by atoms with van der Waals surface area (Å²) in [5, 5.41) is 3.44. The number of rotatable bonds is 5. The van der Waals surface area contributed by atoms with Crippen molar-refractivity contribution < 1.29 is 0 Å². The van der Waals surface area contributed by atoms with Gasteiger partial charge in [0.15, 0.2) is 0 Å². The van der Waals surface area contributed by atoms with Crippen LogP contribution in [0.3, 0.4) is 0 Å². The summed E-state index contributed by atoms with van der Waals surface area (Å²) in [5.41, 5.74) is 1.07. The quantitative estimate of drug-likeness (QED) is 0.751. The third-order valence-corrected chi connectivity index (χ3v) is 3.34. The van der Waals surface area contributed by atoms with Crippen molar-refractivity contribution in [2.45, 2.75) is 13.5 Å². The summed E-state index contributed by atoms with van der Waals surface area (Å²) in [6, 6.07) is 1.97. The Labute approximate surface area is 109 Å². The SMILES string of the molecule is Cc1nccc(CNCCN2CCN(C)CC2)n1. The first kappa shape index (κ1) is 13.4. The van der Waals surface area contributed by atoms with Crippen LogP contribution in [0.4, 0.5) is 0 Å². The Balaban J connectivity index is 1.61. The summed E-state index contributed by atoms with van der Waals surface area (Å²) in [5.74, 6) is 0.841. The van der Waals surface area contributed by atoms with Gasteiger partial charge in [-0.1, -0.05) is 0 Å². The molecule has 0 aromatic carbocycles. The summed E-state index contributed by atoms with van der Waals surface area (Å²) < 4.78 is 0. The molecule has 1 fully saturated rings. The van der Waals surface area contributed by atoms with Crippen molar-refractivity contribution >= 4 is 0 Å². The van der Waals surface area contributed by atoms with Crippen LogP contribution in [0.25, 0.3) is 0 Å². The standard InChI is InChI=1S/C13H23N5/c1-12-15-4-3-13(16-12)11-14-5-6-18-9-7-17(2)8-10-18/h3-4,14H,5-11H2,1-2H3. The minimum Gasteiger partial charge on any atom is -0.310 e. The predicted octanol–water partition coefficient (Wildman–Crippen LogP) is 0.122. The van der Waals surface area contributed by atoms with E-state index in [2.05, 4.69) is 32.1 Å². The smallest absolute Gasteiger partial charge is 0.125 e.